The number of nitrogens with zero attached hydrogens (tertiary/aromatic N) is 1. The van der Waals surface area contributed by atoms with Crippen LogP contribution in [0.1, 0.15) is 0 Å². The van der Waals surface area contributed by atoms with Crippen molar-refractivity contribution in [3.05, 3.63) is 0 Å². The van der Waals surface area contributed by atoms with E-state index in [1.165, 1.54) is 0 Å². The smallest absolute Gasteiger partial charge is 0.270 e. The Bertz CT molecular complexity index is 63.9. The van der Waals surface area contributed by atoms with Crippen molar-refractivity contribution in [2.24, 2.45) is 0 Å². The van der Waals surface area contributed by atoms with Gasteiger partial charge in [0.05, 0.1) is 0 Å². The lowest BCUT2D eigenvalue weighted by Crippen LogP contribution is -2.15. The molecule has 0 aromatic carbocycles. The molecule has 1 radical (unpaired) electrons. The molecule has 1 aliphatic heterocycles. The zero-order valence-corrected chi connectivity index (χ0v) is 2.97. The maximum atomic E-state index is 9.89. The van der Waals surface area contributed by atoms with E-state index in [0.717, 1.165) is 0 Å². The third-order valence-electron chi connectivity index (χ3n) is 0.431. The molecule has 0 unspecified atom stereocenters. The SMILES string of the molecule is O=C1CON[N]1. The lowest BCUT2D eigenvalue weighted by Gasteiger charge is -1.76. The molecule has 6 heavy (non-hydrogen) atoms. The third kappa shape index (κ3) is 0.474. The monoisotopic (exact) mass is 87.0 g/mol. The van der Waals surface area contributed by atoms with Crippen molar-refractivity contribution in [1.29, 1.82) is 0 Å². The van der Waals surface area contributed by atoms with Crippen LogP contribution >= 0.6 is 0 Å². The number of hydrogen-bond donors (Lipinski definition) is 1. The molecular formula is C2H3N2O2. The lowest BCUT2D eigenvalue weighted by molar-refractivity contribution is -0.119. The Kier molecular flexibility index (Phi) is 0.736. The van der Waals surface area contributed by atoms with E-state index < -0.39 is 0 Å². The summed E-state index contributed by atoms with van der Waals surface area (Å²) in [5.74, 6) is -0.255. The predicted molar refractivity (Wildman–Crippen MR) is 16.2 cm³/mol. The lowest BCUT2D eigenvalue weighted by atomic mass is 10.7. The van der Waals surface area contributed by atoms with E-state index in [1.807, 2.05) is 5.59 Å². The van der Waals surface area contributed by atoms with E-state index in [4.69, 9.17) is 0 Å². The quantitative estimate of drug-likeness (QED) is 0.394. The number of hydrogen-bond acceptors (Lipinski definition) is 3. The highest BCUT2D eigenvalue weighted by molar-refractivity contribution is 5.77. The summed E-state index contributed by atoms with van der Waals surface area (Å²) in [7, 11) is 0. The molecule has 33 valence electrons. The summed E-state index contributed by atoms with van der Waals surface area (Å²) < 4.78 is 0. The Morgan fingerprint density at radius 3 is 3.00 bits per heavy atom. The van der Waals surface area contributed by atoms with Gasteiger partial charge in [-0.1, -0.05) is 5.59 Å². The fourth-order valence-corrected chi connectivity index (χ4v) is 0.209. The first kappa shape index (κ1) is 3.58. The summed E-state index contributed by atoms with van der Waals surface area (Å²) in [5, 5.41) is 0. The standard InChI is InChI=1S/C2H3N2O2/c5-2-1-6-4-3-2/h4H,1H2. The molecule has 1 N–H and O–H groups in total. The minimum Gasteiger partial charge on any atom is -0.270 e. The van der Waals surface area contributed by atoms with Crippen LogP contribution in [0.2, 0.25) is 0 Å². The molecule has 1 aliphatic rings. The van der Waals surface area contributed by atoms with E-state index in [0.29, 0.717) is 0 Å². The van der Waals surface area contributed by atoms with Crippen molar-refractivity contribution in [1.82, 2.24) is 11.0 Å². The summed E-state index contributed by atoms with van der Waals surface area (Å²) in [6.45, 7) is 0.0694. The summed E-state index contributed by atoms with van der Waals surface area (Å²) in [5.41, 5.74) is 5.17. The molecule has 0 aromatic heterocycles. The summed E-state index contributed by atoms with van der Waals surface area (Å²) in [4.78, 5) is 14.2. The van der Waals surface area contributed by atoms with Crippen molar-refractivity contribution in [2.45, 2.75) is 0 Å². The van der Waals surface area contributed by atoms with Crippen LogP contribution < -0.4 is 11.0 Å². The second-order valence-electron chi connectivity index (χ2n) is 0.886. The van der Waals surface area contributed by atoms with E-state index in [-0.39, 0.29) is 12.5 Å². The molecule has 1 rings (SSSR count). The number of carbonyl (C=O) groups excluding carboxylic acids is 1. The molecule has 0 atom stereocenters. The average Bonchev–Trinajstić information content (AvgIpc) is 1.86. The van der Waals surface area contributed by atoms with Gasteiger partial charge in [0.2, 0.25) is 0 Å². The van der Waals surface area contributed by atoms with Gasteiger partial charge in [0.1, 0.15) is 0 Å². The second-order valence-corrected chi connectivity index (χ2v) is 0.886. The van der Waals surface area contributed by atoms with Crippen LogP contribution in [0.5, 0.6) is 0 Å². The van der Waals surface area contributed by atoms with Crippen LogP contribution in [0.4, 0.5) is 0 Å². The Morgan fingerprint density at radius 2 is 2.83 bits per heavy atom. The fourth-order valence-electron chi connectivity index (χ4n) is 0.209. The molecular weight excluding hydrogens is 84.0 g/mol. The van der Waals surface area contributed by atoms with Crippen LogP contribution in [-0.4, -0.2) is 12.5 Å². The van der Waals surface area contributed by atoms with Gasteiger partial charge in [-0.05, 0) is 0 Å². The maximum Gasteiger partial charge on any atom is 0.287 e. The molecule has 0 bridgehead atoms. The number of rotatable bonds is 0. The van der Waals surface area contributed by atoms with Crippen molar-refractivity contribution in [2.75, 3.05) is 6.61 Å². The van der Waals surface area contributed by atoms with Gasteiger partial charge in [-0.3, -0.25) is 9.63 Å². The van der Waals surface area contributed by atoms with Crippen molar-refractivity contribution in [3.63, 3.8) is 0 Å². The molecule has 4 nitrogen and oxygen atoms in total. The Labute approximate surface area is 34.4 Å². The van der Waals surface area contributed by atoms with Gasteiger partial charge < -0.3 is 0 Å². The van der Waals surface area contributed by atoms with Gasteiger partial charge in [0.25, 0.3) is 5.91 Å². The largest absolute Gasteiger partial charge is 0.287 e. The first-order chi connectivity index (χ1) is 2.89. The number of carbonyl (C=O) groups is 1. The minimum absolute atomic E-state index is 0.0694. The second kappa shape index (κ2) is 1.24. The highest BCUT2D eigenvalue weighted by Gasteiger charge is 2.08. The van der Waals surface area contributed by atoms with Crippen molar-refractivity contribution in [3.8, 4) is 0 Å². The van der Waals surface area contributed by atoms with E-state index in [1.54, 1.807) is 0 Å². The zero-order valence-electron chi connectivity index (χ0n) is 2.97. The molecule has 0 aliphatic carbocycles. The average molecular weight is 87.1 g/mol. The highest BCUT2D eigenvalue weighted by Crippen LogP contribution is 1.74. The first-order valence-corrected chi connectivity index (χ1v) is 1.50. The van der Waals surface area contributed by atoms with Gasteiger partial charge in [0.15, 0.2) is 6.61 Å². The molecule has 0 spiro atoms. The molecule has 1 heterocycles. The molecule has 4 heteroatoms. The van der Waals surface area contributed by atoms with Crippen molar-refractivity contribution >= 4 is 5.91 Å². The van der Waals surface area contributed by atoms with Crippen LogP contribution in [0.25, 0.3) is 0 Å². The van der Waals surface area contributed by atoms with E-state index in [9.17, 15) is 4.79 Å². The summed E-state index contributed by atoms with van der Waals surface area (Å²) in [6.07, 6.45) is 0. The predicted octanol–water partition coefficient (Wildman–Crippen LogP) is -1.43. The normalized spacial score (nSPS) is 21.0. The molecule has 1 fully saturated rings. The molecule has 1 saturated heterocycles. The Morgan fingerprint density at radius 1 is 2.00 bits per heavy atom. The Hall–Kier alpha value is -0.610. The highest BCUT2D eigenvalue weighted by atomic mass is 16.7. The van der Waals surface area contributed by atoms with Gasteiger partial charge in [-0.15, -0.1) is 5.43 Å². The topological polar surface area (TPSA) is 52.4 Å². The van der Waals surface area contributed by atoms with Gasteiger partial charge in [0, 0.05) is 0 Å². The number of nitrogens with one attached hydrogen (secondary N) is 1. The maximum absolute atomic E-state index is 9.89. The third-order valence-corrected chi connectivity index (χ3v) is 0.431. The first-order valence-electron chi connectivity index (χ1n) is 1.50. The van der Waals surface area contributed by atoms with Crippen molar-refractivity contribution < 1.29 is 9.63 Å². The summed E-state index contributed by atoms with van der Waals surface area (Å²) in [6, 6.07) is 0. The van der Waals surface area contributed by atoms with Crippen LogP contribution in [0, 0.1) is 0 Å². The number of amides is 1. The van der Waals surface area contributed by atoms with Gasteiger partial charge in [-0.25, -0.2) is 0 Å². The van der Waals surface area contributed by atoms with Crippen LogP contribution in [0.3, 0.4) is 0 Å². The summed E-state index contributed by atoms with van der Waals surface area (Å²) >= 11 is 0. The fraction of sp³-hybridized carbons (Fsp3) is 0.500. The van der Waals surface area contributed by atoms with E-state index in [2.05, 4.69) is 10.3 Å². The van der Waals surface area contributed by atoms with Crippen LogP contribution in [-0.2, 0) is 9.63 Å². The molecule has 0 aromatic rings. The van der Waals surface area contributed by atoms with Gasteiger partial charge >= 0.3 is 0 Å². The minimum atomic E-state index is -0.255. The molecule has 0 saturated carbocycles. The van der Waals surface area contributed by atoms with Gasteiger partial charge in [-0.2, -0.15) is 0 Å². The molecule has 1 amide bonds. The van der Waals surface area contributed by atoms with Crippen LogP contribution in [0.15, 0.2) is 0 Å². The Balaban J connectivity index is 2.37. The van der Waals surface area contributed by atoms with E-state index >= 15 is 0 Å². The zero-order chi connectivity index (χ0) is 4.41.